The van der Waals surface area contributed by atoms with Crippen molar-refractivity contribution in [1.29, 1.82) is 0 Å². The second-order valence-corrected chi connectivity index (χ2v) is 15.3. The fraction of sp³-hybridized carbons (Fsp3) is 0.302. The molecule has 282 valence electrons. The van der Waals surface area contributed by atoms with Gasteiger partial charge in [-0.15, -0.1) is 0 Å². The minimum atomic E-state index is -0.696. The molecule has 0 aliphatic carbocycles. The smallest absolute Gasteiger partial charge is 0.276 e. The zero-order valence-electron chi connectivity index (χ0n) is 32.2. The normalized spacial score (nSPS) is 15.7. The van der Waals surface area contributed by atoms with Crippen molar-refractivity contribution in [3.05, 3.63) is 106 Å². The second kappa shape index (κ2) is 14.1. The first-order valence-corrected chi connectivity index (χ1v) is 19.2. The van der Waals surface area contributed by atoms with Gasteiger partial charge in [0.05, 0.1) is 49.1 Å². The molecule has 12 heteroatoms. The third-order valence-electron chi connectivity index (χ3n) is 11.0. The predicted octanol–water partition coefficient (Wildman–Crippen LogP) is 9.68. The van der Waals surface area contributed by atoms with Crippen LogP contribution in [0.5, 0.6) is 11.5 Å². The summed E-state index contributed by atoms with van der Waals surface area (Å²) < 4.78 is 17.6. The lowest BCUT2D eigenvalue weighted by Crippen LogP contribution is -2.47. The van der Waals surface area contributed by atoms with Crippen molar-refractivity contribution in [2.24, 2.45) is 14.1 Å². The maximum Gasteiger partial charge on any atom is 0.276 e. The number of para-hydroxylation sites is 1. The van der Waals surface area contributed by atoms with Gasteiger partial charge in [0.1, 0.15) is 16.9 Å². The van der Waals surface area contributed by atoms with Crippen LogP contribution in [-0.2, 0) is 20.5 Å². The topological polar surface area (TPSA) is 92.2 Å². The number of carbonyl (C=O) groups is 1. The average molecular weight is 777 g/mol. The Balaban J connectivity index is 1.26. The van der Waals surface area contributed by atoms with Crippen LogP contribution in [0.2, 0.25) is 5.02 Å². The van der Waals surface area contributed by atoms with Crippen LogP contribution in [-0.4, -0.2) is 54.0 Å². The predicted molar refractivity (Wildman–Crippen MR) is 220 cm³/mol. The zero-order valence-corrected chi connectivity index (χ0v) is 33.7. The molecule has 0 radical (unpaired) electrons. The zero-order chi connectivity index (χ0) is 38.9. The van der Waals surface area contributed by atoms with Crippen LogP contribution in [0, 0.1) is 27.7 Å². The van der Waals surface area contributed by atoms with E-state index >= 15 is 4.79 Å². The maximum absolute atomic E-state index is 15.3. The molecule has 55 heavy (non-hydrogen) atoms. The molecule has 10 nitrogen and oxygen atoms in total. The summed E-state index contributed by atoms with van der Waals surface area (Å²) in [5.41, 5.74) is 10.4. The Kier molecular flexibility index (Phi) is 9.38. The van der Waals surface area contributed by atoms with Crippen molar-refractivity contribution in [2.45, 2.75) is 59.0 Å². The van der Waals surface area contributed by atoms with Crippen LogP contribution >= 0.6 is 23.2 Å². The Labute approximate surface area is 330 Å². The van der Waals surface area contributed by atoms with E-state index in [9.17, 15) is 0 Å². The van der Waals surface area contributed by atoms with Crippen LogP contribution in [0.4, 0.5) is 5.69 Å². The number of alkyl halides is 1. The van der Waals surface area contributed by atoms with Gasteiger partial charge in [0.25, 0.3) is 5.91 Å². The third kappa shape index (κ3) is 6.03. The van der Waals surface area contributed by atoms with Crippen molar-refractivity contribution >= 4 is 56.6 Å². The Morgan fingerprint density at radius 3 is 2.33 bits per heavy atom. The number of benzene rings is 3. The van der Waals surface area contributed by atoms with Gasteiger partial charge in [-0.05, 0) is 94.5 Å². The highest BCUT2D eigenvalue weighted by Crippen LogP contribution is 2.46. The Morgan fingerprint density at radius 1 is 0.927 bits per heavy atom. The SMILES string of the molecule is COc1cnc(-c2ccc3c(c2)c(N2C(=O)c4c(CCCOc5cc(C)c(Cl)c(C)c5)c5cccc(-c6c(C)nn(C)c6C)c5n4C(C)[C@H]2Cl)cn3C)nc1. The first kappa shape index (κ1) is 36.6. The van der Waals surface area contributed by atoms with Gasteiger partial charge in [-0.25, -0.2) is 9.97 Å². The molecule has 0 spiro atoms. The first-order chi connectivity index (χ1) is 26.4. The molecule has 4 aromatic heterocycles. The van der Waals surface area contributed by atoms with Crippen molar-refractivity contribution in [3.8, 4) is 34.0 Å². The number of hydrogen-bond donors (Lipinski definition) is 0. The minimum Gasteiger partial charge on any atom is -0.494 e. The number of hydrogen-bond acceptors (Lipinski definition) is 6. The molecular formula is C43H43Cl2N7O3. The number of carbonyl (C=O) groups excluding carboxylic acids is 1. The molecule has 5 heterocycles. The molecular weight excluding hydrogens is 733 g/mol. The number of rotatable bonds is 9. The molecule has 3 aromatic carbocycles. The van der Waals surface area contributed by atoms with Crippen LogP contribution < -0.4 is 14.4 Å². The molecule has 2 atom stereocenters. The monoisotopic (exact) mass is 775 g/mol. The number of ether oxygens (including phenoxy) is 2. The number of amides is 1. The summed E-state index contributed by atoms with van der Waals surface area (Å²) in [5.74, 6) is 1.76. The molecule has 1 amide bonds. The quantitative estimate of drug-likeness (QED) is 0.0824. The Bertz CT molecular complexity index is 2620. The van der Waals surface area contributed by atoms with Crippen LogP contribution in [0.25, 0.3) is 44.3 Å². The number of aromatic nitrogens is 6. The van der Waals surface area contributed by atoms with Crippen LogP contribution in [0.1, 0.15) is 58.0 Å². The first-order valence-electron chi connectivity index (χ1n) is 18.4. The Hall–Kier alpha value is -5.32. The summed E-state index contributed by atoms with van der Waals surface area (Å²) in [6, 6.07) is 16.0. The molecule has 0 N–H and O–H groups in total. The summed E-state index contributed by atoms with van der Waals surface area (Å²) in [4.78, 5) is 26.1. The van der Waals surface area contributed by atoms with Crippen LogP contribution in [0.3, 0.4) is 0 Å². The van der Waals surface area contributed by atoms with E-state index in [1.54, 1.807) is 24.4 Å². The highest BCUT2D eigenvalue weighted by molar-refractivity contribution is 6.32. The third-order valence-corrected chi connectivity index (χ3v) is 12.1. The number of nitrogens with zero attached hydrogens (tertiary/aromatic N) is 7. The van der Waals surface area contributed by atoms with E-state index in [1.165, 1.54) is 0 Å². The molecule has 1 aliphatic heterocycles. The number of methoxy groups -OCH3 is 1. The molecule has 0 bridgehead atoms. The fourth-order valence-electron chi connectivity index (χ4n) is 8.20. The van der Waals surface area contributed by atoms with E-state index in [1.807, 2.05) is 80.6 Å². The molecule has 0 fully saturated rings. The van der Waals surface area contributed by atoms with E-state index in [0.29, 0.717) is 36.7 Å². The van der Waals surface area contributed by atoms with Gasteiger partial charge >= 0.3 is 0 Å². The standard InChI is InChI=1S/C43H43Cl2N7O3/c1-23-17-29(18-24(2)38(23)44)55-16-10-13-32-31-11-9-12-33(37-25(3)48-50(7)26(37)4)39(31)51-27(5)41(45)52(43(53)40(32)51)36-22-49(6)35-15-14-28(19-34(35)36)42-46-20-30(54-8)21-47-42/h9,11-12,14-15,17-22,27,41H,10,13,16H2,1-8H3/t27?,41-/m0/s1. The summed E-state index contributed by atoms with van der Waals surface area (Å²) in [6.45, 7) is 10.7. The fourth-order valence-corrected chi connectivity index (χ4v) is 8.61. The molecule has 1 unspecified atom stereocenters. The lowest BCUT2D eigenvalue weighted by molar-refractivity contribution is 0.0951. The van der Waals surface area contributed by atoms with E-state index in [4.69, 9.17) is 37.8 Å². The number of halogens is 2. The van der Waals surface area contributed by atoms with Gasteiger partial charge in [0.2, 0.25) is 0 Å². The number of anilines is 1. The second-order valence-electron chi connectivity index (χ2n) is 14.5. The van der Waals surface area contributed by atoms with E-state index in [-0.39, 0.29) is 11.9 Å². The lowest BCUT2D eigenvalue weighted by atomic mass is 9.98. The van der Waals surface area contributed by atoms with Crippen LogP contribution in [0.15, 0.2) is 67.1 Å². The molecule has 8 rings (SSSR count). The summed E-state index contributed by atoms with van der Waals surface area (Å²) in [7, 11) is 5.53. The van der Waals surface area contributed by atoms with Gasteiger partial charge in [0.15, 0.2) is 11.6 Å². The maximum atomic E-state index is 15.3. The number of fused-ring (bicyclic) bond motifs is 4. The lowest BCUT2D eigenvalue weighted by Gasteiger charge is -2.38. The molecule has 0 saturated carbocycles. The highest BCUT2D eigenvalue weighted by Gasteiger charge is 2.42. The minimum absolute atomic E-state index is 0.154. The van der Waals surface area contributed by atoms with Crippen molar-refractivity contribution in [2.75, 3.05) is 18.6 Å². The van der Waals surface area contributed by atoms with Gasteiger partial charge in [-0.2, -0.15) is 5.10 Å². The summed E-state index contributed by atoms with van der Waals surface area (Å²) >= 11 is 13.9. The van der Waals surface area contributed by atoms with Crippen molar-refractivity contribution in [3.63, 3.8) is 0 Å². The van der Waals surface area contributed by atoms with E-state index < -0.39 is 5.50 Å². The van der Waals surface area contributed by atoms with Crippen molar-refractivity contribution < 1.29 is 14.3 Å². The largest absolute Gasteiger partial charge is 0.494 e. The van der Waals surface area contributed by atoms with Gasteiger partial charge < -0.3 is 18.6 Å². The molecule has 1 aliphatic rings. The van der Waals surface area contributed by atoms with Gasteiger partial charge in [0, 0.05) is 64.0 Å². The molecule has 7 aromatic rings. The highest BCUT2D eigenvalue weighted by atomic mass is 35.5. The number of aryl methyl sites for hydroxylation is 6. The molecule has 0 saturated heterocycles. The van der Waals surface area contributed by atoms with Gasteiger partial charge in [-0.3, -0.25) is 14.4 Å². The summed E-state index contributed by atoms with van der Waals surface area (Å²) in [5, 5.41) is 7.40. The Morgan fingerprint density at radius 2 is 1.65 bits per heavy atom. The van der Waals surface area contributed by atoms with Crippen molar-refractivity contribution in [1.82, 2.24) is 28.9 Å². The van der Waals surface area contributed by atoms with E-state index in [0.717, 1.165) is 83.0 Å². The summed E-state index contributed by atoms with van der Waals surface area (Å²) in [6.07, 6.45) is 6.59. The van der Waals surface area contributed by atoms with Gasteiger partial charge in [-0.1, -0.05) is 41.4 Å². The average Bonchev–Trinajstić information content (AvgIpc) is 3.78. The van der Waals surface area contributed by atoms with E-state index in [2.05, 4.69) is 46.6 Å².